The summed E-state index contributed by atoms with van der Waals surface area (Å²) < 4.78 is 61.7. The van der Waals surface area contributed by atoms with E-state index in [1.807, 2.05) is 0 Å². The summed E-state index contributed by atoms with van der Waals surface area (Å²) in [5, 5.41) is -0.394. The number of carbonyl (C=O) groups is 1. The number of sulfone groups is 1. The van der Waals surface area contributed by atoms with Crippen molar-refractivity contribution in [2.45, 2.75) is 30.5 Å². The second kappa shape index (κ2) is 7.75. The van der Waals surface area contributed by atoms with E-state index in [0.717, 1.165) is 23.9 Å². The Morgan fingerprint density at radius 1 is 1.40 bits per heavy atom. The minimum absolute atomic E-state index is 0.0563. The van der Waals surface area contributed by atoms with Crippen molar-refractivity contribution >= 4 is 39.1 Å². The highest BCUT2D eigenvalue weighted by Gasteiger charge is 2.35. The van der Waals surface area contributed by atoms with E-state index in [2.05, 4.69) is 0 Å². The fourth-order valence-electron chi connectivity index (χ4n) is 2.70. The summed E-state index contributed by atoms with van der Waals surface area (Å²) in [6, 6.07) is 3.12. The van der Waals surface area contributed by atoms with Gasteiger partial charge in [-0.3, -0.25) is 4.79 Å². The van der Waals surface area contributed by atoms with Crippen molar-refractivity contribution in [2.75, 3.05) is 23.8 Å². The van der Waals surface area contributed by atoms with Crippen molar-refractivity contribution in [3.05, 3.63) is 28.8 Å². The quantitative estimate of drug-likeness (QED) is 0.691. The molecule has 1 unspecified atom stereocenters. The lowest BCUT2D eigenvalue weighted by atomic mass is 10.2. The van der Waals surface area contributed by atoms with Crippen LogP contribution < -0.4 is 0 Å². The first kappa shape index (κ1) is 20.4. The van der Waals surface area contributed by atoms with Crippen LogP contribution in [0.1, 0.15) is 18.9 Å². The van der Waals surface area contributed by atoms with Crippen LogP contribution in [0, 0.1) is 0 Å². The second-order valence-electron chi connectivity index (χ2n) is 5.66. The maximum atomic E-state index is 12.9. The third-order valence-corrected chi connectivity index (χ3v) is 6.97. The molecule has 0 aliphatic carbocycles. The Labute approximate surface area is 153 Å². The molecule has 0 N–H and O–H groups in total. The third kappa shape index (κ3) is 5.27. The number of carbonyl (C=O) groups excluding carboxylic acids is 1. The molecule has 1 heterocycles. The van der Waals surface area contributed by atoms with Gasteiger partial charge in [0.15, 0.2) is 9.84 Å². The summed E-state index contributed by atoms with van der Waals surface area (Å²) in [5.74, 6) is -0.362. The molecule has 25 heavy (non-hydrogen) atoms. The summed E-state index contributed by atoms with van der Waals surface area (Å²) in [5.41, 5.74) is -0.944. The Bertz CT molecular complexity index is 753. The number of hydrogen-bond donors (Lipinski definition) is 0. The van der Waals surface area contributed by atoms with Gasteiger partial charge in [0.1, 0.15) is 0 Å². The molecule has 0 bridgehead atoms. The molecule has 4 nitrogen and oxygen atoms in total. The molecule has 10 heteroatoms. The first-order valence-electron chi connectivity index (χ1n) is 7.53. The van der Waals surface area contributed by atoms with Crippen molar-refractivity contribution in [1.82, 2.24) is 4.90 Å². The molecule has 140 valence electrons. The molecule has 1 saturated heterocycles. The topological polar surface area (TPSA) is 54.5 Å². The van der Waals surface area contributed by atoms with Gasteiger partial charge in [-0.1, -0.05) is 11.6 Å². The van der Waals surface area contributed by atoms with E-state index in [4.69, 9.17) is 11.6 Å². The Kier molecular flexibility index (Phi) is 6.32. The van der Waals surface area contributed by atoms with Crippen LogP contribution in [0.2, 0.25) is 5.02 Å². The third-order valence-electron chi connectivity index (χ3n) is 3.92. The minimum Gasteiger partial charge on any atom is -0.338 e. The van der Waals surface area contributed by atoms with Crippen molar-refractivity contribution < 1.29 is 26.4 Å². The van der Waals surface area contributed by atoms with Gasteiger partial charge in [0.05, 0.1) is 27.8 Å². The molecule has 1 aromatic carbocycles. The lowest BCUT2D eigenvalue weighted by Crippen LogP contribution is -2.41. The average molecular weight is 416 g/mol. The van der Waals surface area contributed by atoms with E-state index in [1.54, 1.807) is 6.92 Å². The first-order chi connectivity index (χ1) is 11.5. The second-order valence-corrected chi connectivity index (χ2v) is 9.35. The Hall–Kier alpha value is -0.930. The highest BCUT2D eigenvalue weighted by atomic mass is 35.5. The summed E-state index contributed by atoms with van der Waals surface area (Å²) in [6.07, 6.45) is -4.17. The Morgan fingerprint density at radius 2 is 2.08 bits per heavy atom. The zero-order chi connectivity index (χ0) is 18.8. The van der Waals surface area contributed by atoms with E-state index in [9.17, 15) is 26.4 Å². The number of hydrogen-bond acceptors (Lipinski definition) is 4. The molecule has 1 aliphatic heterocycles. The maximum absolute atomic E-state index is 12.9. The predicted octanol–water partition coefficient (Wildman–Crippen LogP) is 3.49. The van der Waals surface area contributed by atoms with E-state index >= 15 is 0 Å². The monoisotopic (exact) mass is 415 g/mol. The maximum Gasteiger partial charge on any atom is 0.417 e. The van der Waals surface area contributed by atoms with Crippen LogP contribution in [0.3, 0.4) is 0 Å². The Balaban J connectivity index is 2.04. The van der Waals surface area contributed by atoms with Gasteiger partial charge in [0, 0.05) is 17.5 Å². The molecule has 0 spiro atoms. The molecule has 0 radical (unpaired) electrons. The number of rotatable bonds is 5. The van der Waals surface area contributed by atoms with Gasteiger partial charge in [-0.25, -0.2) is 8.42 Å². The minimum atomic E-state index is -4.56. The molecular weight excluding hydrogens is 399 g/mol. The van der Waals surface area contributed by atoms with Crippen molar-refractivity contribution in [3.63, 3.8) is 0 Å². The molecule has 1 aromatic rings. The molecular formula is C15H17ClF3NO3S2. The van der Waals surface area contributed by atoms with E-state index < -0.39 is 26.6 Å². The van der Waals surface area contributed by atoms with Gasteiger partial charge in [-0.05, 0) is 31.5 Å². The van der Waals surface area contributed by atoms with E-state index in [1.165, 1.54) is 11.0 Å². The summed E-state index contributed by atoms with van der Waals surface area (Å²) in [4.78, 5) is 14.1. The predicted molar refractivity (Wildman–Crippen MR) is 91.6 cm³/mol. The molecule has 0 saturated carbocycles. The normalized spacial score (nSPS) is 19.8. The highest BCUT2D eigenvalue weighted by molar-refractivity contribution is 8.00. The van der Waals surface area contributed by atoms with Gasteiger partial charge in [-0.15, -0.1) is 11.8 Å². The molecule has 1 amide bonds. The fraction of sp³-hybridized carbons (Fsp3) is 0.533. The molecule has 1 fully saturated rings. The highest BCUT2D eigenvalue weighted by Crippen LogP contribution is 2.37. The lowest BCUT2D eigenvalue weighted by molar-refractivity contribution is -0.137. The van der Waals surface area contributed by atoms with Gasteiger partial charge in [-0.2, -0.15) is 13.2 Å². The molecule has 0 aromatic heterocycles. The summed E-state index contributed by atoms with van der Waals surface area (Å²) >= 11 is 6.54. The van der Waals surface area contributed by atoms with Crippen LogP contribution >= 0.6 is 23.4 Å². The largest absolute Gasteiger partial charge is 0.417 e. The van der Waals surface area contributed by atoms with Crippen LogP contribution in [0.4, 0.5) is 13.2 Å². The van der Waals surface area contributed by atoms with Crippen LogP contribution in [-0.2, 0) is 20.8 Å². The van der Waals surface area contributed by atoms with E-state index in [0.29, 0.717) is 13.0 Å². The van der Waals surface area contributed by atoms with Crippen LogP contribution in [0.5, 0.6) is 0 Å². The number of amides is 1. The number of nitrogens with zero attached hydrogens (tertiary/aromatic N) is 1. The van der Waals surface area contributed by atoms with Crippen molar-refractivity contribution in [2.24, 2.45) is 0 Å². The number of halogens is 4. The summed E-state index contributed by atoms with van der Waals surface area (Å²) in [7, 11) is -3.12. The molecule has 2 rings (SSSR count). The Morgan fingerprint density at radius 3 is 2.60 bits per heavy atom. The summed E-state index contributed by atoms with van der Waals surface area (Å²) in [6.45, 7) is 2.10. The van der Waals surface area contributed by atoms with Gasteiger partial charge >= 0.3 is 6.18 Å². The van der Waals surface area contributed by atoms with Crippen LogP contribution in [0.15, 0.2) is 23.1 Å². The van der Waals surface area contributed by atoms with Crippen LogP contribution in [-0.4, -0.2) is 49.1 Å². The van der Waals surface area contributed by atoms with Crippen molar-refractivity contribution in [1.29, 1.82) is 0 Å². The van der Waals surface area contributed by atoms with Gasteiger partial charge in [0.2, 0.25) is 5.91 Å². The molecule has 1 atom stereocenters. The molecule has 1 aliphatic rings. The van der Waals surface area contributed by atoms with Gasteiger partial charge < -0.3 is 4.90 Å². The van der Waals surface area contributed by atoms with Crippen molar-refractivity contribution in [3.8, 4) is 0 Å². The SMILES string of the molecule is CCN(C(=O)CSc1ccc(Cl)c(C(F)(F)F)c1)C1CCS(=O)(=O)C1. The zero-order valence-corrected chi connectivity index (χ0v) is 15.7. The number of thioether (sulfide) groups is 1. The first-order valence-corrected chi connectivity index (χ1v) is 10.7. The standard InChI is InChI=1S/C15H17ClF3NO3S2/c1-2-20(10-5-6-25(22,23)9-10)14(21)8-24-11-3-4-13(16)12(7-11)15(17,18)19/h3-4,7,10H,2,5-6,8-9H2,1H3. The van der Waals surface area contributed by atoms with E-state index in [-0.39, 0.29) is 34.1 Å². The van der Waals surface area contributed by atoms with Crippen LogP contribution in [0.25, 0.3) is 0 Å². The number of benzene rings is 1. The van der Waals surface area contributed by atoms with Gasteiger partial charge in [0.25, 0.3) is 0 Å². The fourth-order valence-corrected chi connectivity index (χ4v) is 5.48. The average Bonchev–Trinajstić information content (AvgIpc) is 2.86. The number of alkyl halides is 3. The zero-order valence-electron chi connectivity index (χ0n) is 13.3. The lowest BCUT2D eigenvalue weighted by Gasteiger charge is -2.26. The smallest absolute Gasteiger partial charge is 0.338 e.